The molecule has 180 valence electrons. The van der Waals surface area contributed by atoms with Crippen LogP contribution in [0.25, 0.3) is 33.3 Å². The van der Waals surface area contributed by atoms with Crippen molar-refractivity contribution in [2.24, 2.45) is 14.1 Å². The molecule has 0 aliphatic carbocycles. The molecule has 0 saturated heterocycles. The Morgan fingerprint density at radius 3 is 2.50 bits per heavy atom. The van der Waals surface area contributed by atoms with Gasteiger partial charge in [-0.3, -0.25) is 14.3 Å². The van der Waals surface area contributed by atoms with Crippen LogP contribution in [-0.4, -0.2) is 23.9 Å². The smallest absolute Gasteiger partial charge is 0.274 e. The van der Waals surface area contributed by atoms with Gasteiger partial charge in [-0.15, -0.1) is 0 Å². The number of H-pyrrole nitrogens is 1. The highest BCUT2D eigenvalue weighted by molar-refractivity contribution is 5.98. The number of aromatic amines is 1. The van der Waals surface area contributed by atoms with E-state index in [0.29, 0.717) is 33.5 Å². The molecule has 0 aliphatic heterocycles. The molecule has 4 aromatic heterocycles. The van der Waals surface area contributed by atoms with E-state index in [-0.39, 0.29) is 17.7 Å². The summed E-state index contributed by atoms with van der Waals surface area (Å²) in [4.78, 5) is 29.0. The fourth-order valence-electron chi connectivity index (χ4n) is 4.33. The van der Waals surface area contributed by atoms with E-state index in [0.717, 1.165) is 22.4 Å². The Morgan fingerprint density at radius 1 is 1.03 bits per heavy atom. The predicted molar refractivity (Wildman–Crippen MR) is 137 cm³/mol. The average molecular weight is 481 g/mol. The number of nitriles is 1. The number of pyridine rings is 2. The molecule has 0 spiro atoms. The van der Waals surface area contributed by atoms with Gasteiger partial charge in [0.25, 0.3) is 11.1 Å². The number of aromatic nitrogens is 5. The lowest BCUT2D eigenvalue weighted by Gasteiger charge is -2.17. The number of hydrogen-bond donors (Lipinski definition) is 1. The van der Waals surface area contributed by atoms with E-state index in [1.165, 1.54) is 19.9 Å². The van der Waals surface area contributed by atoms with Gasteiger partial charge in [0.15, 0.2) is 5.75 Å². The van der Waals surface area contributed by atoms with Gasteiger partial charge in [-0.05, 0) is 31.0 Å². The van der Waals surface area contributed by atoms with E-state index in [2.05, 4.69) is 16.2 Å². The summed E-state index contributed by atoms with van der Waals surface area (Å²) in [5.41, 5.74) is 4.62. The summed E-state index contributed by atoms with van der Waals surface area (Å²) in [6, 6.07) is 11.4. The number of benzene rings is 1. The molecule has 0 bridgehead atoms. The first-order chi connectivity index (χ1) is 17.3. The number of hydrogen-bond acceptors (Lipinski definition) is 5. The molecule has 9 heteroatoms. The van der Waals surface area contributed by atoms with Gasteiger partial charge >= 0.3 is 0 Å². The number of nitrogens with one attached hydrogen (secondary N) is 1. The summed E-state index contributed by atoms with van der Waals surface area (Å²) >= 11 is 0. The van der Waals surface area contributed by atoms with Crippen molar-refractivity contribution in [3.05, 3.63) is 87.0 Å². The molecule has 1 aromatic carbocycles. The molecule has 0 radical (unpaired) electrons. The van der Waals surface area contributed by atoms with Crippen LogP contribution in [0, 0.1) is 25.2 Å². The van der Waals surface area contributed by atoms with Crippen molar-refractivity contribution in [1.29, 1.82) is 5.26 Å². The highest BCUT2D eigenvalue weighted by Crippen LogP contribution is 2.38. The predicted octanol–water partition coefficient (Wildman–Crippen LogP) is 4.03. The Labute approximate surface area is 206 Å². The minimum Gasteiger partial charge on any atom is -0.455 e. The number of ether oxygens (including phenoxy) is 1. The van der Waals surface area contributed by atoms with Crippen LogP contribution in [0.4, 0.5) is 0 Å². The minimum atomic E-state index is -0.203. The van der Waals surface area contributed by atoms with E-state index in [4.69, 9.17) is 10.00 Å². The van der Waals surface area contributed by atoms with Crippen LogP contribution in [0.15, 0.2) is 64.7 Å². The Bertz CT molecular complexity index is 1780. The fourth-order valence-corrected chi connectivity index (χ4v) is 4.33. The Kier molecular flexibility index (Phi) is 5.57. The van der Waals surface area contributed by atoms with Crippen molar-refractivity contribution in [2.45, 2.75) is 20.4 Å². The summed E-state index contributed by atoms with van der Waals surface area (Å²) < 4.78 is 10.9. The van der Waals surface area contributed by atoms with Crippen LogP contribution in [-0.2, 0) is 20.6 Å². The zero-order valence-corrected chi connectivity index (χ0v) is 20.4. The van der Waals surface area contributed by atoms with E-state index in [9.17, 15) is 9.59 Å². The Balaban J connectivity index is 1.74. The van der Waals surface area contributed by atoms with Crippen LogP contribution in [0.5, 0.6) is 11.5 Å². The van der Waals surface area contributed by atoms with E-state index in [1.807, 2.05) is 38.1 Å². The van der Waals surface area contributed by atoms with E-state index >= 15 is 0 Å². The van der Waals surface area contributed by atoms with Gasteiger partial charge in [0.2, 0.25) is 0 Å². The van der Waals surface area contributed by atoms with Crippen molar-refractivity contribution >= 4 is 10.9 Å². The van der Waals surface area contributed by atoms with Crippen molar-refractivity contribution in [3.63, 3.8) is 0 Å². The molecule has 1 N–H and O–H groups in total. The van der Waals surface area contributed by atoms with Crippen LogP contribution >= 0.6 is 0 Å². The van der Waals surface area contributed by atoms with Crippen molar-refractivity contribution in [1.82, 2.24) is 23.9 Å². The summed E-state index contributed by atoms with van der Waals surface area (Å²) in [7, 11) is 3.34. The normalized spacial score (nSPS) is 11.1. The second-order valence-electron chi connectivity index (χ2n) is 8.84. The van der Waals surface area contributed by atoms with Crippen LogP contribution in [0.2, 0.25) is 0 Å². The van der Waals surface area contributed by atoms with Crippen LogP contribution < -0.4 is 15.9 Å². The van der Waals surface area contributed by atoms with E-state index < -0.39 is 0 Å². The highest BCUT2D eigenvalue weighted by Gasteiger charge is 2.19. The number of para-hydroxylation sites is 1. The molecular weight excluding hydrogens is 456 g/mol. The standard InChI is InChI=1S/C27H24N6O3/c1-16-6-5-7-17(2)26(16)36-23-15-31(3)24(34)11-19(23)21-14-32(4)27(35)25-20(21)10-22(30-25)18-12-29-33(13-18)9-8-28/h5-7,10-15,30H,9H2,1-4H3. The highest BCUT2D eigenvalue weighted by atomic mass is 16.5. The Morgan fingerprint density at radius 2 is 1.78 bits per heavy atom. The zero-order chi connectivity index (χ0) is 25.6. The second kappa shape index (κ2) is 8.74. The zero-order valence-electron chi connectivity index (χ0n) is 20.4. The molecule has 4 heterocycles. The fraction of sp³-hybridized carbons (Fsp3) is 0.185. The third-order valence-electron chi connectivity index (χ3n) is 6.24. The average Bonchev–Trinajstić information content (AvgIpc) is 3.49. The maximum absolute atomic E-state index is 13.0. The quantitative estimate of drug-likeness (QED) is 0.408. The first-order valence-corrected chi connectivity index (χ1v) is 11.3. The lowest BCUT2D eigenvalue weighted by Crippen LogP contribution is -2.18. The first kappa shape index (κ1) is 22.9. The summed E-state index contributed by atoms with van der Waals surface area (Å²) in [6.07, 6.45) is 6.76. The van der Waals surface area contributed by atoms with Crippen molar-refractivity contribution in [3.8, 4) is 40.0 Å². The van der Waals surface area contributed by atoms with Gasteiger partial charge < -0.3 is 18.9 Å². The molecule has 0 unspecified atom stereocenters. The molecular formula is C27H24N6O3. The molecule has 5 aromatic rings. The Hall–Kier alpha value is -4.84. The number of nitrogens with zero attached hydrogens (tertiary/aromatic N) is 5. The lowest BCUT2D eigenvalue weighted by atomic mass is 10.0. The van der Waals surface area contributed by atoms with Gasteiger partial charge in [0.1, 0.15) is 17.8 Å². The largest absolute Gasteiger partial charge is 0.455 e. The maximum Gasteiger partial charge on any atom is 0.274 e. The third-order valence-corrected chi connectivity index (χ3v) is 6.24. The van der Waals surface area contributed by atoms with Crippen LogP contribution in [0.3, 0.4) is 0 Å². The van der Waals surface area contributed by atoms with E-state index in [1.54, 1.807) is 38.9 Å². The van der Waals surface area contributed by atoms with Crippen molar-refractivity contribution < 1.29 is 4.74 Å². The molecule has 36 heavy (non-hydrogen) atoms. The molecule has 0 saturated carbocycles. The van der Waals surface area contributed by atoms with Gasteiger partial charge in [0.05, 0.1) is 18.5 Å². The monoisotopic (exact) mass is 480 g/mol. The molecule has 9 nitrogen and oxygen atoms in total. The molecule has 0 aliphatic rings. The summed E-state index contributed by atoms with van der Waals surface area (Å²) in [6.45, 7) is 4.07. The third kappa shape index (κ3) is 3.88. The minimum absolute atomic E-state index is 0.125. The van der Waals surface area contributed by atoms with Gasteiger partial charge in [-0.1, -0.05) is 18.2 Å². The van der Waals surface area contributed by atoms with Gasteiger partial charge in [-0.25, -0.2) is 0 Å². The van der Waals surface area contributed by atoms with Crippen LogP contribution in [0.1, 0.15) is 11.1 Å². The number of rotatable bonds is 5. The topological polar surface area (TPSA) is 111 Å². The van der Waals surface area contributed by atoms with Gasteiger partial charge in [0, 0.05) is 60.3 Å². The molecule has 0 amide bonds. The SMILES string of the molecule is Cc1cccc(C)c1Oc1cn(C)c(=O)cc1-c1cn(C)c(=O)c2[nH]c(-c3cnn(CC#N)c3)cc12. The summed E-state index contributed by atoms with van der Waals surface area (Å²) in [5, 5.41) is 13.8. The van der Waals surface area contributed by atoms with Gasteiger partial charge in [-0.2, -0.15) is 10.4 Å². The first-order valence-electron chi connectivity index (χ1n) is 11.3. The number of aryl methyl sites for hydroxylation is 4. The number of fused-ring (bicyclic) bond motifs is 1. The molecule has 0 atom stereocenters. The molecule has 0 fully saturated rings. The lowest BCUT2D eigenvalue weighted by molar-refractivity contribution is 0.470. The summed E-state index contributed by atoms with van der Waals surface area (Å²) in [5.74, 6) is 1.22. The van der Waals surface area contributed by atoms with Crippen molar-refractivity contribution in [2.75, 3.05) is 0 Å². The second-order valence-corrected chi connectivity index (χ2v) is 8.84. The molecule has 5 rings (SSSR count). The maximum atomic E-state index is 13.0.